The van der Waals surface area contributed by atoms with Gasteiger partial charge in [-0.2, -0.15) is 26.3 Å². The van der Waals surface area contributed by atoms with Crippen molar-refractivity contribution in [2.24, 2.45) is 0 Å². The number of anilines is 6. The summed E-state index contributed by atoms with van der Waals surface area (Å²) in [7, 11) is 0. The third kappa shape index (κ3) is 9.68. The average Bonchev–Trinajstić information content (AvgIpc) is 4.36. The Labute approximate surface area is 431 Å². The summed E-state index contributed by atoms with van der Waals surface area (Å²) in [5.41, 5.74) is 7.67. The van der Waals surface area contributed by atoms with E-state index in [0.29, 0.717) is 76.7 Å². The molecule has 3 amide bonds. The molecule has 13 rings (SSSR count). The van der Waals surface area contributed by atoms with Gasteiger partial charge < -0.3 is 15.5 Å². The molecule has 77 heavy (non-hydrogen) atoms. The molecule has 390 valence electrons. The molecule has 3 N–H and O–H groups in total. The van der Waals surface area contributed by atoms with E-state index in [4.69, 9.17) is 5.73 Å². The highest BCUT2D eigenvalue weighted by Crippen LogP contribution is 2.43. The Morgan fingerprint density at radius 1 is 0.610 bits per heavy atom. The van der Waals surface area contributed by atoms with Gasteiger partial charge in [0, 0.05) is 49.7 Å². The van der Waals surface area contributed by atoms with Gasteiger partial charge in [-0.05, 0) is 85.6 Å². The van der Waals surface area contributed by atoms with Gasteiger partial charge in [0.1, 0.15) is 42.3 Å². The molecule has 16 nitrogen and oxygen atoms in total. The predicted octanol–water partition coefficient (Wildman–Crippen LogP) is 10.9. The number of aromatic nitrogens is 8. The Balaban J connectivity index is 0.000000137. The van der Waals surface area contributed by atoms with Gasteiger partial charge in [0.05, 0.1) is 67.8 Å². The van der Waals surface area contributed by atoms with Gasteiger partial charge in [0.2, 0.25) is 0 Å². The molecule has 24 heteroatoms. The molecule has 2 fully saturated rings. The van der Waals surface area contributed by atoms with Crippen molar-refractivity contribution in [3.8, 4) is 22.5 Å². The summed E-state index contributed by atoms with van der Waals surface area (Å²) in [5, 5.41) is 3.08. The van der Waals surface area contributed by atoms with Crippen LogP contribution in [0.25, 0.3) is 44.3 Å². The second kappa shape index (κ2) is 19.7. The quantitative estimate of drug-likeness (QED) is 0.160. The molecule has 4 aromatic carbocycles. The maximum atomic E-state index is 14.5. The Kier molecular flexibility index (Phi) is 12.8. The minimum Gasteiger partial charge on any atom is -0.383 e. The Bertz CT molecular complexity index is 3690. The van der Waals surface area contributed by atoms with Gasteiger partial charge in [0.25, 0.3) is 0 Å². The molecule has 0 unspecified atom stereocenters. The molecule has 4 aliphatic heterocycles. The van der Waals surface area contributed by atoms with E-state index in [1.165, 1.54) is 65.0 Å². The number of nitrogen functional groups attached to an aromatic ring is 1. The first-order valence-electron chi connectivity index (χ1n) is 23.8. The van der Waals surface area contributed by atoms with Crippen molar-refractivity contribution < 1.29 is 44.7 Å². The molecular formula is C53H40F8N14O2. The summed E-state index contributed by atoms with van der Waals surface area (Å²) in [6.07, 6.45) is -0.359. The SMILES string of the molecule is Nc1ncnc2cccc(F)c12.O=C(N1c2nc(-c3cccc(C(F)(F)F)c3)ccc2N2CC[C@H]1C2)n1ccnc1.O=C(Nc1ncnc2cccc(F)c12)N1c2nc(-c3cccc(C(F)(F)F)c3)ccc2N2CC[C@H]1C2. The summed E-state index contributed by atoms with van der Waals surface area (Å²) < 4.78 is 108. The lowest BCUT2D eigenvalue weighted by Gasteiger charge is -2.35. The molecule has 0 aliphatic carbocycles. The van der Waals surface area contributed by atoms with Crippen LogP contribution < -0.4 is 30.7 Å². The van der Waals surface area contributed by atoms with Crippen LogP contribution >= 0.6 is 0 Å². The first-order chi connectivity index (χ1) is 37.0. The van der Waals surface area contributed by atoms with E-state index in [1.54, 1.807) is 59.6 Å². The van der Waals surface area contributed by atoms with Gasteiger partial charge >= 0.3 is 24.4 Å². The summed E-state index contributed by atoms with van der Waals surface area (Å²) in [6, 6.07) is 24.8. The van der Waals surface area contributed by atoms with E-state index < -0.39 is 35.3 Å². The van der Waals surface area contributed by atoms with E-state index >= 15 is 0 Å². The fourth-order valence-electron chi connectivity index (χ4n) is 9.87. The van der Waals surface area contributed by atoms with Crippen LogP contribution in [0.5, 0.6) is 0 Å². The summed E-state index contributed by atoms with van der Waals surface area (Å²) in [4.78, 5) is 62.9. The van der Waals surface area contributed by atoms with Crippen molar-refractivity contribution in [2.75, 3.05) is 56.8 Å². The van der Waals surface area contributed by atoms with Crippen LogP contribution in [0.15, 0.2) is 141 Å². The monoisotopic (exact) mass is 1060 g/mol. The highest BCUT2D eigenvalue weighted by molar-refractivity contribution is 6.08. The second-order valence-corrected chi connectivity index (χ2v) is 18.2. The molecule has 5 aromatic heterocycles. The summed E-state index contributed by atoms with van der Waals surface area (Å²) in [6.45, 7) is 2.80. The molecule has 0 radical (unpaired) electrons. The molecule has 4 aliphatic rings. The number of nitrogens with zero attached hydrogens (tertiary/aromatic N) is 12. The van der Waals surface area contributed by atoms with E-state index in [9.17, 15) is 44.7 Å². The lowest BCUT2D eigenvalue weighted by atomic mass is 10.1. The number of rotatable bonds is 3. The van der Waals surface area contributed by atoms with E-state index in [-0.39, 0.29) is 46.5 Å². The molecule has 2 atom stereocenters. The number of benzene rings is 4. The van der Waals surface area contributed by atoms with E-state index in [0.717, 1.165) is 42.9 Å². The highest BCUT2D eigenvalue weighted by Gasteiger charge is 2.42. The zero-order valence-electron chi connectivity index (χ0n) is 40.0. The van der Waals surface area contributed by atoms with Crippen LogP contribution in [0.4, 0.5) is 79.4 Å². The number of halogens is 8. The Hall–Kier alpha value is -9.35. The van der Waals surface area contributed by atoms with Crippen LogP contribution in [0.3, 0.4) is 0 Å². The smallest absolute Gasteiger partial charge is 0.383 e. The normalized spacial score (nSPS) is 16.3. The number of fused-ring (bicyclic) bond motifs is 10. The maximum absolute atomic E-state index is 14.5. The number of hydrogen-bond acceptors (Lipinski definition) is 12. The highest BCUT2D eigenvalue weighted by atomic mass is 19.4. The van der Waals surface area contributed by atoms with Crippen LogP contribution in [-0.4, -0.2) is 89.8 Å². The van der Waals surface area contributed by atoms with Gasteiger partial charge in [-0.3, -0.25) is 19.7 Å². The topological polar surface area (TPSA) is 180 Å². The van der Waals surface area contributed by atoms with Crippen LogP contribution in [0, 0.1) is 11.6 Å². The second-order valence-electron chi connectivity index (χ2n) is 18.2. The fraction of sp³-hybridized carbons (Fsp3) is 0.189. The van der Waals surface area contributed by atoms with Crippen LogP contribution in [0.1, 0.15) is 24.0 Å². The number of pyridine rings is 2. The number of amides is 3. The zero-order valence-corrected chi connectivity index (χ0v) is 40.0. The molecule has 2 saturated heterocycles. The average molecular weight is 1060 g/mol. The Morgan fingerprint density at radius 3 is 1.68 bits per heavy atom. The van der Waals surface area contributed by atoms with Crippen molar-refractivity contribution in [3.05, 3.63) is 163 Å². The number of alkyl halides is 6. The van der Waals surface area contributed by atoms with Crippen molar-refractivity contribution in [2.45, 2.75) is 37.3 Å². The molecule has 9 aromatic rings. The van der Waals surface area contributed by atoms with Gasteiger partial charge in [-0.15, -0.1) is 0 Å². The number of urea groups is 1. The van der Waals surface area contributed by atoms with Crippen LogP contribution in [-0.2, 0) is 12.4 Å². The number of nitrogens with one attached hydrogen (secondary N) is 1. The first kappa shape index (κ1) is 49.8. The van der Waals surface area contributed by atoms with E-state index in [2.05, 4.69) is 50.0 Å². The predicted molar refractivity (Wildman–Crippen MR) is 271 cm³/mol. The van der Waals surface area contributed by atoms with Gasteiger partial charge in [0.15, 0.2) is 11.6 Å². The molecule has 0 saturated carbocycles. The van der Waals surface area contributed by atoms with Crippen molar-refractivity contribution >= 4 is 68.5 Å². The van der Waals surface area contributed by atoms with Crippen LogP contribution in [0.2, 0.25) is 0 Å². The van der Waals surface area contributed by atoms with Crippen molar-refractivity contribution in [3.63, 3.8) is 0 Å². The number of carbonyl (C=O) groups is 2. The molecular weight excluding hydrogens is 1020 g/mol. The first-order valence-corrected chi connectivity index (χ1v) is 23.8. The standard InChI is InChI=1S/C25H18F4N6O.C20H16F3N5O.C8H6FN3/c26-17-5-2-6-19-21(17)22(31-13-30-19)33-24(36)35-16-9-10-34(12-16)20-8-7-18(32-23(20)35)14-3-1-4-15(11-14)25(27,28)29;21-20(22,23)14-3-1-2-13(10-14)16-4-5-17-18(25-16)28(15-6-8-26(17)11-15)19(29)27-9-7-24-12-27;9-5-2-1-3-6-7(5)8(10)12-4-11-6/h1-8,11,13,16H,9-10,12H2,(H,30,31,33,36);1-5,7,9-10,12,15H,6,8,11H2;1-4H,(H2,10,11,12)/t16-;15-;/m00./s1. The number of hydrogen-bond donors (Lipinski definition) is 2. The zero-order chi connectivity index (χ0) is 53.8. The number of carbonyl (C=O) groups excluding carboxylic acids is 2. The van der Waals surface area contributed by atoms with E-state index in [1.807, 2.05) is 6.07 Å². The van der Waals surface area contributed by atoms with Crippen molar-refractivity contribution in [1.29, 1.82) is 0 Å². The van der Waals surface area contributed by atoms with Gasteiger partial charge in [-0.25, -0.2) is 53.3 Å². The summed E-state index contributed by atoms with van der Waals surface area (Å²) >= 11 is 0. The number of nitrogens with two attached hydrogens (primary N) is 1. The number of imidazole rings is 1. The fourth-order valence-corrected chi connectivity index (χ4v) is 9.87. The lowest BCUT2D eigenvalue weighted by molar-refractivity contribution is -0.138. The minimum absolute atomic E-state index is 0.0270. The Morgan fingerprint density at radius 2 is 1.13 bits per heavy atom. The maximum Gasteiger partial charge on any atom is 0.416 e. The largest absolute Gasteiger partial charge is 0.416 e. The summed E-state index contributed by atoms with van der Waals surface area (Å²) in [5.74, 6) is 0.0459. The van der Waals surface area contributed by atoms with Gasteiger partial charge in [-0.1, -0.05) is 36.4 Å². The van der Waals surface area contributed by atoms with Crippen molar-refractivity contribution in [1.82, 2.24) is 39.5 Å². The lowest BCUT2D eigenvalue weighted by Crippen LogP contribution is -2.48. The minimum atomic E-state index is -4.49. The molecule has 9 heterocycles. The molecule has 4 bridgehead atoms. The third-order valence-corrected chi connectivity index (χ3v) is 13.5. The molecule has 0 spiro atoms. The third-order valence-electron chi connectivity index (χ3n) is 13.5.